The van der Waals surface area contributed by atoms with Crippen LogP contribution in [0, 0.1) is 0 Å². The monoisotopic (exact) mass is 356 g/mol. The molecule has 0 saturated heterocycles. The van der Waals surface area contributed by atoms with Gasteiger partial charge in [-0.2, -0.15) is 22.0 Å². The van der Waals surface area contributed by atoms with Crippen molar-refractivity contribution in [3.63, 3.8) is 0 Å². The fourth-order valence-electron chi connectivity index (χ4n) is 1.22. The molecule has 0 spiro atoms. The zero-order valence-corrected chi connectivity index (χ0v) is 11.0. The van der Waals surface area contributed by atoms with Crippen LogP contribution in [0.3, 0.4) is 0 Å². The van der Waals surface area contributed by atoms with Gasteiger partial charge in [0.25, 0.3) is 0 Å². The lowest BCUT2D eigenvalue weighted by Crippen LogP contribution is -2.22. The summed E-state index contributed by atoms with van der Waals surface area (Å²) in [6.07, 6.45) is -0.703. The fourth-order valence-corrected chi connectivity index (χ4v) is 2.22. The zero-order valence-electron chi connectivity index (χ0n) is 8.88. The van der Waals surface area contributed by atoms with E-state index in [1.165, 1.54) is 0 Å². The quantitative estimate of drug-likeness (QED) is 0.246. The highest BCUT2D eigenvalue weighted by atomic mass is 127. The van der Waals surface area contributed by atoms with Crippen LogP contribution in [0.5, 0.6) is 0 Å². The predicted molar refractivity (Wildman–Crippen MR) is 61.9 cm³/mol. The van der Waals surface area contributed by atoms with Crippen LogP contribution in [0.2, 0.25) is 0 Å². The Hall–Kier alpha value is 0.120. The second-order valence-corrected chi connectivity index (χ2v) is 5.34. The van der Waals surface area contributed by atoms with Gasteiger partial charge in [-0.05, 0) is 6.42 Å². The van der Waals surface area contributed by atoms with Crippen molar-refractivity contribution >= 4 is 22.6 Å². The van der Waals surface area contributed by atoms with Crippen LogP contribution in [-0.4, -0.2) is 9.85 Å². The summed E-state index contributed by atoms with van der Waals surface area (Å²) in [5.41, 5.74) is 0. The van der Waals surface area contributed by atoms with Crippen molar-refractivity contribution in [1.82, 2.24) is 0 Å². The van der Waals surface area contributed by atoms with Crippen molar-refractivity contribution < 1.29 is 22.0 Å². The number of hydrogen-bond acceptors (Lipinski definition) is 0. The third-order valence-electron chi connectivity index (χ3n) is 2.09. The molecule has 0 amide bonds. The molecule has 0 saturated carbocycles. The number of alkyl halides is 3. The van der Waals surface area contributed by atoms with Crippen molar-refractivity contribution in [2.45, 2.75) is 48.9 Å². The highest BCUT2D eigenvalue weighted by Crippen LogP contribution is 2.36. The van der Waals surface area contributed by atoms with Crippen LogP contribution in [-0.2, 0) is 0 Å². The lowest BCUT2D eigenvalue weighted by Gasteiger charge is -2.17. The third kappa shape index (κ3) is 6.00. The molecule has 1 unspecified atom stereocenters. The first-order valence-electron chi connectivity index (χ1n) is 5.04. The smallest absolute Gasteiger partial charge is 0.199 e. The maximum absolute atomic E-state index is 12.9. The Morgan fingerprint density at radius 2 is 1.75 bits per heavy atom. The van der Waals surface area contributed by atoms with Gasteiger partial charge in [0.05, 0.1) is 0 Å². The van der Waals surface area contributed by atoms with Crippen molar-refractivity contribution in [2.75, 3.05) is 0 Å². The molecule has 1 atom stereocenters. The average Bonchev–Trinajstić information content (AvgIpc) is 2.16. The summed E-state index contributed by atoms with van der Waals surface area (Å²) in [5, 5.41) is 0. The van der Waals surface area contributed by atoms with Crippen LogP contribution >= 0.6 is 22.6 Å². The molecule has 16 heavy (non-hydrogen) atoms. The van der Waals surface area contributed by atoms with E-state index in [1.54, 1.807) is 22.6 Å². The molecule has 96 valence electrons. The molecule has 6 heteroatoms. The summed E-state index contributed by atoms with van der Waals surface area (Å²) < 4.78 is 61.2. The Bertz CT molecular complexity index is 235. The van der Waals surface area contributed by atoms with Crippen LogP contribution in [0.25, 0.3) is 0 Å². The first-order chi connectivity index (χ1) is 7.31. The predicted octanol–water partition coefficient (Wildman–Crippen LogP) is 5.47. The van der Waals surface area contributed by atoms with E-state index >= 15 is 0 Å². The first-order valence-corrected chi connectivity index (χ1v) is 6.29. The Balaban J connectivity index is 4.20. The van der Waals surface area contributed by atoms with E-state index in [2.05, 4.69) is 0 Å². The minimum Gasteiger partial charge on any atom is -0.199 e. The second-order valence-electron chi connectivity index (χ2n) is 3.58. The van der Waals surface area contributed by atoms with Gasteiger partial charge >= 0.3 is 12.0 Å². The molecule has 0 aromatic heterocycles. The van der Waals surface area contributed by atoms with E-state index in [-0.39, 0.29) is 0 Å². The number of rotatable bonds is 7. The van der Waals surface area contributed by atoms with E-state index in [1.807, 2.05) is 6.92 Å². The highest BCUT2D eigenvalue weighted by Gasteiger charge is 2.40. The van der Waals surface area contributed by atoms with Crippen LogP contribution in [0.4, 0.5) is 22.0 Å². The van der Waals surface area contributed by atoms with Gasteiger partial charge in [-0.15, -0.1) is 0 Å². The van der Waals surface area contributed by atoms with E-state index in [0.29, 0.717) is 6.42 Å². The molecule has 0 aliphatic carbocycles. The molecule has 0 rings (SSSR count). The SMILES string of the molecule is CCCCCC(I)CC(F)(F)C(F)=C(F)F. The molecule has 0 N–H and O–H groups in total. The summed E-state index contributed by atoms with van der Waals surface area (Å²) >= 11 is 1.75. The Morgan fingerprint density at radius 1 is 1.19 bits per heavy atom. The molecule has 0 nitrogen and oxygen atoms in total. The summed E-state index contributed by atoms with van der Waals surface area (Å²) in [7, 11) is 0. The number of hydrogen-bond donors (Lipinski definition) is 0. The van der Waals surface area contributed by atoms with Gasteiger partial charge in [-0.25, -0.2) is 0 Å². The van der Waals surface area contributed by atoms with Gasteiger partial charge in [0.15, 0.2) is 0 Å². The fraction of sp³-hybridized carbons (Fsp3) is 0.800. The Kier molecular flexibility index (Phi) is 7.50. The molecule has 0 radical (unpaired) electrons. The lowest BCUT2D eigenvalue weighted by molar-refractivity contribution is 0.00272. The van der Waals surface area contributed by atoms with E-state index in [9.17, 15) is 22.0 Å². The Labute approximate surface area is 105 Å². The van der Waals surface area contributed by atoms with Gasteiger partial charge in [0.1, 0.15) is 0 Å². The van der Waals surface area contributed by atoms with Gasteiger partial charge < -0.3 is 0 Å². The van der Waals surface area contributed by atoms with E-state index < -0.39 is 28.2 Å². The van der Waals surface area contributed by atoms with Crippen molar-refractivity contribution in [3.8, 4) is 0 Å². The van der Waals surface area contributed by atoms with E-state index in [4.69, 9.17) is 0 Å². The molecule has 0 aliphatic rings. The molecule has 0 heterocycles. The van der Waals surface area contributed by atoms with Gasteiger partial charge in [0, 0.05) is 10.3 Å². The topological polar surface area (TPSA) is 0 Å². The zero-order chi connectivity index (χ0) is 12.8. The summed E-state index contributed by atoms with van der Waals surface area (Å²) in [6, 6.07) is 0. The molecule has 0 bridgehead atoms. The molecular formula is C10H14F5I. The van der Waals surface area contributed by atoms with Gasteiger partial charge in [-0.3, -0.25) is 0 Å². The summed E-state index contributed by atoms with van der Waals surface area (Å²) in [4.78, 5) is 0. The number of halogens is 6. The largest absolute Gasteiger partial charge is 0.307 e. The van der Waals surface area contributed by atoms with Crippen LogP contribution in [0.15, 0.2) is 11.9 Å². The Morgan fingerprint density at radius 3 is 2.19 bits per heavy atom. The second kappa shape index (κ2) is 7.45. The molecule has 0 fully saturated rings. The first kappa shape index (κ1) is 16.1. The summed E-state index contributed by atoms with van der Waals surface area (Å²) in [6.45, 7) is 1.97. The normalized spacial score (nSPS) is 13.7. The minimum absolute atomic E-state index is 0.491. The lowest BCUT2D eigenvalue weighted by atomic mass is 10.1. The number of allylic oxidation sites excluding steroid dienone is 1. The van der Waals surface area contributed by atoms with Gasteiger partial charge in [-0.1, -0.05) is 48.8 Å². The maximum atomic E-state index is 12.9. The molecule has 0 aromatic rings. The maximum Gasteiger partial charge on any atom is 0.307 e. The van der Waals surface area contributed by atoms with Crippen molar-refractivity contribution in [2.24, 2.45) is 0 Å². The average molecular weight is 356 g/mol. The molecular weight excluding hydrogens is 342 g/mol. The highest BCUT2D eigenvalue weighted by molar-refractivity contribution is 14.1. The third-order valence-corrected chi connectivity index (χ3v) is 3.15. The molecule has 0 aliphatic heterocycles. The molecule has 0 aromatic carbocycles. The summed E-state index contributed by atoms with van der Waals surface area (Å²) in [5.74, 6) is -6.64. The minimum atomic E-state index is -4.04. The number of unbranched alkanes of at least 4 members (excludes halogenated alkanes) is 2. The van der Waals surface area contributed by atoms with E-state index in [0.717, 1.165) is 19.3 Å². The van der Waals surface area contributed by atoms with Crippen molar-refractivity contribution in [1.29, 1.82) is 0 Å². The standard InChI is InChI=1S/C10H14F5I/c1-2-3-4-5-7(16)6-10(14,15)8(11)9(12)13/h7H,2-6H2,1H3. The van der Waals surface area contributed by atoms with Crippen LogP contribution in [0.1, 0.15) is 39.0 Å². The van der Waals surface area contributed by atoms with Gasteiger partial charge in [0.2, 0.25) is 5.83 Å². The van der Waals surface area contributed by atoms with Crippen LogP contribution < -0.4 is 0 Å². The van der Waals surface area contributed by atoms with Crippen molar-refractivity contribution in [3.05, 3.63) is 11.9 Å².